The second-order valence-corrected chi connectivity index (χ2v) is 5.51. The van der Waals surface area contributed by atoms with Crippen molar-refractivity contribution in [2.45, 2.75) is 31.3 Å². The van der Waals surface area contributed by atoms with Crippen LogP contribution in [0.2, 0.25) is 0 Å². The second-order valence-electron chi connectivity index (χ2n) is 5.51. The Balaban J connectivity index is 1.84. The van der Waals surface area contributed by atoms with E-state index in [4.69, 9.17) is 4.74 Å². The molecule has 0 saturated heterocycles. The summed E-state index contributed by atoms with van der Waals surface area (Å²) in [6.07, 6.45) is 4.32. The molecule has 0 saturated carbocycles. The lowest BCUT2D eigenvalue weighted by Gasteiger charge is -2.33. The van der Waals surface area contributed by atoms with Gasteiger partial charge in [-0.15, -0.1) is 0 Å². The smallest absolute Gasteiger partial charge is 0.138 e. The fourth-order valence-electron chi connectivity index (χ4n) is 2.87. The molecule has 3 rings (SSSR count). The van der Waals surface area contributed by atoms with Gasteiger partial charge in [-0.25, -0.2) is 4.98 Å². The Bertz CT molecular complexity index is 623. The van der Waals surface area contributed by atoms with Crippen LogP contribution in [0.4, 0.5) is 0 Å². The van der Waals surface area contributed by atoms with E-state index in [1.54, 1.807) is 11.8 Å². The normalized spacial score (nSPS) is 21.6. The molecule has 2 aromatic rings. The predicted octanol–water partition coefficient (Wildman–Crippen LogP) is 1.29. The summed E-state index contributed by atoms with van der Waals surface area (Å²) >= 11 is 0. The first-order valence-electron chi connectivity index (χ1n) is 6.81. The van der Waals surface area contributed by atoms with E-state index in [0.717, 1.165) is 24.4 Å². The fourth-order valence-corrected chi connectivity index (χ4v) is 2.87. The molecule has 1 unspecified atom stereocenters. The number of ether oxygens (including phenoxy) is 1. The molecule has 0 aliphatic heterocycles. The number of aromatic nitrogens is 3. The molecule has 5 nitrogen and oxygen atoms in total. The lowest BCUT2D eigenvalue weighted by atomic mass is 9.78. The van der Waals surface area contributed by atoms with E-state index < -0.39 is 5.60 Å². The van der Waals surface area contributed by atoms with E-state index in [2.05, 4.69) is 16.1 Å². The molecular weight excluding hydrogens is 254 g/mol. The van der Waals surface area contributed by atoms with Gasteiger partial charge in [-0.1, -0.05) is 6.07 Å². The zero-order valence-electron chi connectivity index (χ0n) is 11.8. The van der Waals surface area contributed by atoms with E-state index in [9.17, 15) is 5.11 Å². The average molecular weight is 273 g/mol. The number of rotatable bonds is 3. The minimum absolute atomic E-state index is 0.528. The summed E-state index contributed by atoms with van der Waals surface area (Å²) in [6, 6.07) is 6.10. The van der Waals surface area contributed by atoms with Crippen LogP contribution in [0.1, 0.15) is 23.4 Å². The van der Waals surface area contributed by atoms with Crippen LogP contribution >= 0.6 is 0 Å². The van der Waals surface area contributed by atoms with Crippen LogP contribution in [0.3, 0.4) is 0 Å². The van der Waals surface area contributed by atoms with Crippen molar-refractivity contribution in [3.05, 3.63) is 41.5 Å². The molecule has 1 aromatic heterocycles. The third-order valence-corrected chi connectivity index (χ3v) is 4.08. The Hall–Kier alpha value is -1.88. The van der Waals surface area contributed by atoms with Gasteiger partial charge in [0, 0.05) is 19.9 Å². The first-order chi connectivity index (χ1) is 9.59. The number of aryl methyl sites for hydroxylation is 2. The molecule has 0 spiro atoms. The topological polar surface area (TPSA) is 60.2 Å². The second kappa shape index (κ2) is 4.90. The summed E-state index contributed by atoms with van der Waals surface area (Å²) in [5.41, 5.74) is 1.72. The lowest BCUT2D eigenvalue weighted by Crippen LogP contribution is -2.38. The number of hydrogen-bond donors (Lipinski definition) is 1. The highest BCUT2D eigenvalue weighted by molar-refractivity contribution is 5.38. The number of nitrogens with zero attached hydrogens (tertiary/aromatic N) is 3. The van der Waals surface area contributed by atoms with Crippen LogP contribution in [0.25, 0.3) is 0 Å². The molecule has 5 heteroatoms. The summed E-state index contributed by atoms with van der Waals surface area (Å²) in [5, 5.41) is 14.9. The Morgan fingerprint density at radius 3 is 2.95 bits per heavy atom. The van der Waals surface area contributed by atoms with Crippen LogP contribution in [-0.2, 0) is 26.3 Å². The van der Waals surface area contributed by atoms with Crippen molar-refractivity contribution in [3.8, 4) is 5.75 Å². The highest BCUT2D eigenvalue weighted by atomic mass is 16.5. The Kier molecular flexibility index (Phi) is 3.22. The molecule has 1 heterocycles. The quantitative estimate of drug-likeness (QED) is 0.915. The van der Waals surface area contributed by atoms with E-state index in [1.807, 2.05) is 19.2 Å². The molecule has 20 heavy (non-hydrogen) atoms. The van der Waals surface area contributed by atoms with Gasteiger partial charge in [0.15, 0.2) is 0 Å². The predicted molar refractivity (Wildman–Crippen MR) is 74.7 cm³/mol. The van der Waals surface area contributed by atoms with Gasteiger partial charge in [0.05, 0.1) is 12.7 Å². The molecule has 0 radical (unpaired) electrons. The number of fused-ring (bicyclic) bond motifs is 1. The fraction of sp³-hybridized carbons (Fsp3) is 0.467. The van der Waals surface area contributed by atoms with Crippen molar-refractivity contribution in [1.82, 2.24) is 14.8 Å². The highest BCUT2D eigenvalue weighted by Crippen LogP contribution is 2.32. The third-order valence-electron chi connectivity index (χ3n) is 4.08. The zero-order valence-corrected chi connectivity index (χ0v) is 11.8. The molecule has 0 bridgehead atoms. The van der Waals surface area contributed by atoms with E-state index in [1.165, 1.54) is 17.5 Å². The van der Waals surface area contributed by atoms with Crippen LogP contribution < -0.4 is 4.74 Å². The molecule has 106 valence electrons. The van der Waals surface area contributed by atoms with Crippen molar-refractivity contribution in [1.29, 1.82) is 0 Å². The lowest BCUT2D eigenvalue weighted by molar-refractivity contribution is 0.0240. The minimum atomic E-state index is -0.750. The summed E-state index contributed by atoms with van der Waals surface area (Å²) in [6.45, 7) is 0. The monoisotopic (exact) mass is 273 g/mol. The summed E-state index contributed by atoms with van der Waals surface area (Å²) in [7, 11) is 3.52. The Morgan fingerprint density at radius 1 is 1.40 bits per heavy atom. The van der Waals surface area contributed by atoms with Gasteiger partial charge in [-0.2, -0.15) is 5.10 Å². The zero-order chi connectivity index (χ0) is 14.2. The number of aliphatic hydroxyl groups is 1. The maximum Gasteiger partial charge on any atom is 0.138 e. The Labute approximate surface area is 118 Å². The van der Waals surface area contributed by atoms with Gasteiger partial charge in [0.25, 0.3) is 0 Å². The van der Waals surface area contributed by atoms with Crippen molar-refractivity contribution < 1.29 is 9.84 Å². The molecule has 1 N–H and O–H groups in total. The summed E-state index contributed by atoms with van der Waals surface area (Å²) in [4.78, 5) is 4.21. The number of methoxy groups -OCH3 is 1. The third kappa shape index (κ3) is 2.41. The van der Waals surface area contributed by atoms with E-state index in [0.29, 0.717) is 12.8 Å². The maximum absolute atomic E-state index is 10.9. The SMILES string of the molecule is COc1ccc2c(c1)CC(O)(Cc1ncnn1C)CC2. The standard InChI is InChI=1S/C15H19N3O2/c1-18-14(16-10-17-18)9-15(19)6-5-11-3-4-13(20-2)7-12(11)8-15/h3-4,7,10,19H,5-6,8-9H2,1-2H3. The van der Waals surface area contributed by atoms with Gasteiger partial charge in [0.1, 0.15) is 17.9 Å². The molecule has 1 aliphatic rings. The molecule has 1 aliphatic carbocycles. The highest BCUT2D eigenvalue weighted by Gasteiger charge is 2.33. The van der Waals surface area contributed by atoms with Gasteiger partial charge >= 0.3 is 0 Å². The van der Waals surface area contributed by atoms with Crippen molar-refractivity contribution in [3.63, 3.8) is 0 Å². The minimum Gasteiger partial charge on any atom is -0.497 e. The molecular formula is C15H19N3O2. The molecule has 1 atom stereocenters. The molecule has 0 amide bonds. The first kappa shape index (κ1) is 13.1. The maximum atomic E-state index is 10.9. The van der Waals surface area contributed by atoms with E-state index >= 15 is 0 Å². The molecule has 0 fully saturated rings. The largest absolute Gasteiger partial charge is 0.497 e. The van der Waals surface area contributed by atoms with Crippen molar-refractivity contribution >= 4 is 0 Å². The number of hydrogen-bond acceptors (Lipinski definition) is 4. The first-order valence-corrected chi connectivity index (χ1v) is 6.81. The summed E-state index contributed by atoms with van der Waals surface area (Å²) < 4.78 is 6.99. The Morgan fingerprint density at radius 2 is 2.25 bits per heavy atom. The summed E-state index contributed by atoms with van der Waals surface area (Å²) in [5.74, 6) is 1.66. The van der Waals surface area contributed by atoms with Crippen LogP contribution in [-0.4, -0.2) is 32.6 Å². The van der Waals surface area contributed by atoms with E-state index in [-0.39, 0.29) is 0 Å². The van der Waals surface area contributed by atoms with Crippen molar-refractivity contribution in [2.75, 3.05) is 7.11 Å². The molecule has 1 aromatic carbocycles. The van der Waals surface area contributed by atoms with Gasteiger partial charge in [0.2, 0.25) is 0 Å². The van der Waals surface area contributed by atoms with Gasteiger partial charge in [-0.05, 0) is 36.1 Å². The van der Waals surface area contributed by atoms with Gasteiger partial charge in [-0.3, -0.25) is 4.68 Å². The van der Waals surface area contributed by atoms with Crippen molar-refractivity contribution in [2.24, 2.45) is 7.05 Å². The average Bonchev–Trinajstić information content (AvgIpc) is 2.83. The van der Waals surface area contributed by atoms with Crippen LogP contribution in [0.15, 0.2) is 24.5 Å². The van der Waals surface area contributed by atoms with Crippen LogP contribution in [0, 0.1) is 0 Å². The number of benzene rings is 1. The van der Waals surface area contributed by atoms with Crippen LogP contribution in [0.5, 0.6) is 5.75 Å². The van der Waals surface area contributed by atoms with Gasteiger partial charge < -0.3 is 9.84 Å².